The van der Waals surface area contributed by atoms with E-state index < -0.39 is 36.1 Å². The van der Waals surface area contributed by atoms with Crippen molar-refractivity contribution in [1.29, 1.82) is 0 Å². The van der Waals surface area contributed by atoms with Crippen molar-refractivity contribution in [2.75, 3.05) is 10.6 Å². The summed E-state index contributed by atoms with van der Waals surface area (Å²) in [5.74, 6) is -3.07. The Hall–Kier alpha value is -3.74. The number of rotatable bonds is 6. The number of alkyl halides is 3. The lowest BCUT2D eigenvalue weighted by atomic mass is 10.2. The number of amides is 2. The highest BCUT2D eigenvalue weighted by atomic mass is 35.5. The number of pyridine rings is 1. The lowest BCUT2D eigenvalue weighted by Gasteiger charge is -2.15. The van der Waals surface area contributed by atoms with E-state index in [4.69, 9.17) is 16.3 Å². The number of halogens is 4. The molecule has 14 heteroatoms. The van der Waals surface area contributed by atoms with Gasteiger partial charge in [0.15, 0.2) is 5.82 Å². The third-order valence-corrected chi connectivity index (χ3v) is 5.69. The summed E-state index contributed by atoms with van der Waals surface area (Å²) in [4.78, 5) is 36.7. The Balaban J connectivity index is 1.41. The van der Waals surface area contributed by atoms with E-state index in [0.29, 0.717) is 11.1 Å². The van der Waals surface area contributed by atoms with Crippen LogP contribution in [-0.4, -0.2) is 42.9 Å². The smallest absolute Gasteiger partial charge is 0.413 e. The molecule has 1 saturated carbocycles. The van der Waals surface area contributed by atoms with E-state index in [2.05, 4.69) is 30.7 Å². The second-order valence-corrected chi connectivity index (χ2v) is 8.22. The van der Waals surface area contributed by atoms with Crippen LogP contribution in [0.15, 0.2) is 36.9 Å². The lowest BCUT2D eigenvalue weighted by Crippen LogP contribution is -2.20. The molecule has 2 N–H and O–H groups in total. The van der Waals surface area contributed by atoms with Crippen LogP contribution in [0.2, 0.25) is 5.15 Å². The van der Waals surface area contributed by atoms with Crippen LogP contribution in [-0.2, 0) is 16.6 Å². The van der Waals surface area contributed by atoms with Crippen LogP contribution in [0, 0.1) is 11.8 Å². The minimum atomic E-state index is -4.39. The fraction of sp³-hybridized carbons (Fsp3) is 0.333. The van der Waals surface area contributed by atoms with Crippen molar-refractivity contribution in [3.8, 4) is 11.4 Å². The first-order valence-corrected chi connectivity index (χ1v) is 10.7. The molecule has 1 fully saturated rings. The van der Waals surface area contributed by atoms with Crippen molar-refractivity contribution in [2.24, 2.45) is 18.9 Å². The number of aryl methyl sites for hydroxylation is 1. The van der Waals surface area contributed by atoms with Crippen LogP contribution < -0.4 is 10.6 Å². The van der Waals surface area contributed by atoms with Gasteiger partial charge in [-0.3, -0.25) is 14.8 Å². The molecule has 0 radical (unpaired) electrons. The quantitative estimate of drug-likeness (QED) is 0.473. The number of nitrogens with one attached hydrogen (secondary N) is 2. The molecule has 3 atom stereocenters. The number of hydrogen-bond donors (Lipinski definition) is 2. The Morgan fingerprint density at radius 2 is 1.91 bits per heavy atom. The largest absolute Gasteiger partial charge is 0.441 e. The van der Waals surface area contributed by atoms with Gasteiger partial charge in [0.05, 0.1) is 41.7 Å². The van der Waals surface area contributed by atoms with Crippen LogP contribution in [0.3, 0.4) is 0 Å². The van der Waals surface area contributed by atoms with Gasteiger partial charge in [0.2, 0.25) is 5.91 Å². The van der Waals surface area contributed by atoms with Gasteiger partial charge in [-0.2, -0.15) is 18.3 Å². The maximum atomic E-state index is 12.7. The zero-order valence-electron chi connectivity index (χ0n) is 18.4. The van der Waals surface area contributed by atoms with E-state index in [-0.39, 0.29) is 28.9 Å². The van der Waals surface area contributed by atoms with Crippen molar-refractivity contribution in [1.82, 2.24) is 24.7 Å². The standard InChI is InChI=1S/C21H19ClF3N7O3/c1-10(12-4-3-5-26-16(12)22)35-20(34)31-18-14(9-29-32(18)2)17-27-7-11(8-28-17)30-19(33)13-6-15(13)21(23,24)25/h3-5,7-10,13,15H,6H2,1-2H3,(H,30,33)(H,31,34)/t10-,13-,15-/m1/s1. The molecule has 2 amide bonds. The molecule has 0 bridgehead atoms. The van der Waals surface area contributed by atoms with Gasteiger partial charge in [0, 0.05) is 18.8 Å². The molecule has 35 heavy (non-hydrogen) atoms. The van der Waals surface area contributed by atoms with Crippen LogP contribution in [0.4, 0.5) is 29.5 Å². The molecule has 3 aromatic rings. The molecule has 3 aromatic heterocycles. The minimum Gasteiger partial charge on any atom is -0.441 e. The average molecular weight is 510 g/mol. The average Bonchev–Trinajstić information content (AvgIpc) is 3.55. The first-order chi connectivity index (χ1) is 16.5. The van der Waals surface area contributed by atoms with Crippen LogP contribution >= 0.6 is 11.6 Å². The van der Waals surface area contributed by atoms with Gasteiger partial charge in [0.25, 0.3) is 0 Å². The summed E-state index contributed by atoms with van der Waals surface area (Å²) in [6.45, 7) is 1.64. The van der Waals surface area contributed by atoms with Crippen LogP contribution in [0.5, 0.6) is 0 Å². The predicted molar refractivity (Wildman–Crippen MR) is 118 cm³/mol. The van der Waals surface area contributed by atoms with Crippen molar-refractivity contribution in [3.63, 3.8) is 0 Å². The first-order valence-electron chi connectivity index (χ1n) is 10.3. The normalized spacial score (nSPS) is 18.0. The van der Waals surface area contributed by atoms with Gasteiger partial charge in [-0.15, -0.1) is 0 Å². The zero-order chi connectivity index (χ0) is 25.3. The van der Waals surface area contributed by atoms with Gasteiger partial charge in [0.1, 0.15) is 17.1 Å². The van der Waals surface area contributed by atoms with E-state index in [0.717, 1.165) is 0 Å². The molecule has 0 unspecified atom stereocenters. The molecule has 0 spiro atoms. The monoisotopic (exact) mass is 509 g/mol. The molecule has 10 nitrogen and oxygen atoms in total. The summed E-state index contributed by atoms with van der Waals surface area (Å²) in [7, 11) is 1.59. The highest BCUT2D eigenvalue weighted by Gasteiger charge is 2.58. The number of hydrogen-bond acceptors (Lipinski definition) is 7. The van der Waals surface area contributed by atoms with E-state index in [9.17, 15) is 22.8 Å². The van der Waals surface area contributed by atoms with E-state index in [1.807, 2.05) is 0 Å². The van der Waals surface area contributed by atoms with Crippen LogP contribution in [0.1, 0.15) is 25.0 Å². The fourth-order valence-corrected chi connectivity index (χ4v) is 3.69. The SMILES string of the molecule is C[C@@H](OC(=O)Nc1c(-c2ncc(NC(=O)[C@@H]3C[C@H]3C(F)(F)F)cn2)cnn1C)c1cccnc1Cl. The Morgan fingerprint density at radius 3 is 2.54 bits per heavy atom. The molecule has 4 rings (SSSR count). The Labute approximate surface area is 201 Å². The summed E-state index contributed by atoms with van der Waals surface area (Å²) in [6, 6.07) is 3.35. The third kappa shape index (κ3) is 5.50. The van der Waals surface area contributed by atoms with E-state index >= 15 is 0 Å². The molecule has 0 aliphatic heterocycles. The van der Waals surface area contributed by atoms with Gasteiger partial charge in [-0.25, -0.2) is 19.7 Å². The van der Waals surface area contributed by atoms with Gasteiger partial charge >= 0.3 is 12.3 Å². The second-order valence-electron chi connectivity index (χ2n) is 7.86. The summed E-state index contributed by atoms with van der Waals surface area (Å²) in [6.07, 6.45) is -0.647. The molecular weight excluding hydrogens is 491 g/mol. The third-order valence-electron chi connectivity index (χ3n) is 5.38. The Morgan fingerprint density at radius 1 is 1.20 bits per heavy atom. The Bertz CT molecular complexity index is 1250. The number of anilines is 2. The number of nitrogens with zero attached hydrogens (tertiary/aromatic N) is 5. The minimum absolute atomic E-state index is 0.145. The Kier molecular flexibility index (Phi) is 6.61. The summed E-state index contributed by atoms with van der Waals surface area (Å²) < 4.78 is 44.8. The first kappa shape index (κ1) is 24.4. The highest BCUT2D eigenvalue weighted by molar-refractivity contribution is 6.30. The van der Waals surface area contributed by atoms with E-state index in [1.165, 1.54) is 29.5 Å². The van der Waals surface area contributed by atoms with E-state index in [1.54, 1.807) is 26.1 Å². The fourth-order valence-electron chi connectivity index (χ4n) is 3.41. The van der Waals surface area contributed by atoms with Crippen LogP contribution in [0.25, 0.3) is 11.4 Å². The molecule has 0 saturated heterocycles. The molecule has 184 valence electrons. The zero-order valence-corrected chi connectivity index (χ0v) is 19.1. The number of aromatic nitrogens is 5. The lowest BCUT2D eigenvalue weighted by molar-refractivity contribution is -0.153. The molecule has 0 aromatic carbocycles. The van der Waals surface area contributed by atoms with Gasteiger partial charge in [-0.1, -0.05) is 17.7 Å². The summed E-state index contributed by atoms with van der Waals surface area (Å²) >= 11 is 6.04. The highest BCUT2D eigenvalue weighted by Crippen LogP contribution is 2.50. The summed E-state index contributed by atoms with van der Waals surface area (Å²) in [5, 5.41) is 9.28. The number of carbonyl (C=O) groups excluding carboxylic acids is 2. The number of carbonyl (C=O) groups is 2. The summed E-state index contributed by atoms with van der Waals surface area (Å²) in [5.41, 5.74) is 1.03. The molecule has 1 aliphatic carbocycles. The maximum Gasteiger partial charge on any atom is 0.413 e. The van der Waals surface area contributed by atoms with Crippen molar-refractivity contribution in [3.05, 3.63) is 47.6 Å². The maximum absolute atomic E-state index is 12.7. The van der Waals surface area contributed by atoms with Gasteiger partial charge < -0.3 is 10.1 Å². The molecule has 3 heterocycles. The number of ether oxygens (including phenoxy) is 1. The van der Waals surface area contributed by atoms with Crippen molar-refractivity contribution < 1.29 is 27.5 Å². The predicted octanol–water partition coefficient (Wildman–Crippen LogP) is 4.37. The van der Waals surface area contributed by atoms with Crippen molar-refractivity contribution >= 4 is 35.1 Å². The van der Waals surface area contributed by atoms with Gasteiger partial charge in [-0.05, 0) is 19.4 Å². The molecular formula is C21H19ClF3N7O3. The molecule has 1 aliphatic rings. The van der Waals surface area contributed by atoms with Crippen molar-refractivity contribution in [2.45, 2.75) is 25.6 Å². The topological polar surface area (TPSA) is 124 Å². The second kappa shape index (κ2) is 9.49.